The van der Waals surface area contributed by atoms with Crippen molar-refractivity contribution in [3.05, 3.63) is 82.1 Å². The highest BCUT2D eigenvalue weighted by Gasteiger charge is 2.24. The van der Waals surface area contributed by atoms with Crippen molar-refractivity contribution < 1.29 is 23.8 Å². The normalized spacial score (nSPS) is 11.5. The van der Waals surface area contributed by atoms with Gasteiger partial charge in [0, 0.05) is 29.3 Å². The third-order valence-corrected chi connectivity index (χ3v) is 5.15. The Hall–Kier alpha value is -3.66. The van der Waals surface area contributed by atoms with Crippen LogP contribution in [0.4, 0.5) is 5.69 Å². The van der Waals surface area contributed by atoms with Crippen molar-refractivity contribution in [2.45, 2.75) is 19.1 Å². The lowest BCUT2D eigenvalue weighted by molar-refractivity contribution is -0.384. The van der Waals surface area contributed by atoms with Crippen LogP contribution in [0.15, 0.2) is 65.2 Å². The molecular formula is C22H21N3O6S. The Morgan fingerprint density at radius 1 is 1.19 bits per heavy atom. The number of nitrogens with one attached hydrogen (secondary N) is 1. The first-order chi connectivity index (χ1) is 15.5. The molecule has 0 aliphatic heterocycles. The number of hydrogen-bond acceptors (Lipinski definition) is 8. The highest BCUT2D eigenvalue weighted by Crippen LogP contribution is 2.19. The Morgan fingerprint density at radius 3 is 2.69 bits per heavy atom. The molecule has 9 nitrogen and oxygen atoms in total. The van der Waals surface area contributed by atoms with Gasteiger partial charge in [0.2, 0.25) is 0 Å². The summed E-state index contributed by atoms with van der Waals surface area (Å²) < 4.78 is 10.6. The number of benzene rings is 2. The zero-order valence-electron chi connectivity index (χ0n) is 17.2. The van der Waals surface area contributed by atoms with Gasteiger partial charge in [-0.05, 0) is 24.5 Å². The Kier molecular flexibility index (Phi) is 7.98. The lowest BCUT2D eigenvalue weighted by Gasteiger charge is -2.17. The third-order valence-electron chi connectivity index (χ3n) is 4.50. The van der Waals surface area contributed by atoms with Crippen LogP contribution in [0.3, 0.4) is 0 Å². The third kappa shape index (κ3) is 6.17. The summed E-state index contributed by atoms with van der Waals surface area (Å²) in [6, 6.07) is 15.5. The predicted molar refractivity (Wildman–Crippen MR) is 119 cm³/mol. The maximum Gasteiger partial charge on any atom is 0.329 e. The Labute approximate surface area is 188 Å². The van der Waals surface area contributed by atoms with Crippen molar-refractivity contribution in [1.29, 1.82) is 0 Å². The van der Waals surface area contributed by atoms with Crippen molar-refractivity contribution in [1.82, 2.24) is 10.5 Å². The number of amides is 1. The SMILES string of the molecule is CSCCC(NC(=O)c1cccc([N+](=O)[O-])c1)C(=O)OCc1cc(-c2ccccc2)no1. The minimum atomic E-state index is -0.911. The molecule has 166 valence electrons. The molecule has 1 amide bonds. The van der Waals surface area contributed by atoms with Crippen LogP contribution in [0.25, 0.3) is 11.3 Å². The fraction of sp³-hybridized carbons (Fsp3) is 0.227. The molecule has 3 rings (SSSR count). The largest absolute Gasteiger partial charge is 0.456 e. The van der Waals surface area contributed by atoms with Crippen molar-refractivity contribution in [2.24, 2.45) is 0 Å². The number of ether oxygens (including phenoxy) is 1. The van der Waals surface area contributed by atoms with E-state index in [0.29, 0.717) is 23.6 Å². The molecule has 32 heavy (non-hydrogen) atoms. The first-order valence-electron chi connectivity index (χ1n) is 9.70. The van der Waals surface area contributed by atoms with Crippen LogP contribution in [0.5, 0.6) is 0 Å². The van der Waals surface area contributed by atoms with E-state index in [2.05, 4.69) is 10.5 Å². The molecule has 0 aliphatic rings. The van der Waals surface area contributed by atoms with E-state index in [9.17, 15) is 19.7 Å². The molecular weight excluding hydrogens is 434 g/mol. The number of hydrogen-bond donors (Lipinski definition) is 1. The van der Waals surface area contributed by atoms with Gasteiger partial charge in [-0.3, -0.25) is 14.9 Å². The fourth-order valence-electron chi connectivity index (χ4n) is 2.86. The number of esters is 1. The van der Waals surface area contributed by atoms with Gasteiger partial charge in [-0.25, -0.2) is 4.79 Å². The molecule has 0 radical (unpaired) electrons. The van der Waals surface area contributed by atoms with E-state index in [-0.39, 0.29) is 17.9 Å². The van der Waals surface area contributed by atoms with Gasteiger partial charge in [-0.2, -0.15) is 11.8 Å². The fourth-order valence-corrected chi connectivity index (χ4v) is 3.33. The number of carbonyl (C=O) groups excluding carboxylic acids is 2. The van der Waals surface area contributed by atoms with Crippen LogP contribution in [-0.4, -0.2) is 40.0 Å². The molecule has 1 unspecified atom stereocenters. The average Bonchev–Trinajstić information content (AvgIpc) is 3.30. The monoisotopic (exact) mass is 455 g/mol. The molecule has 10 heteroatoms. The highest BCUT2D eigenvalue weighted by atomic mass is 32.2. The molecule has 3 aromatic rings. The Bertz CT molecular complexity index is 1090. The lowest BCUT2D eigenvalue weighted by Crippen LogP contribution is -2.42. The number of aromatic nitrogens is 1. The molecule has 0 spiro atoms. The van der Waals surface area contributed by atoms with E-state index < -0.39 is 22.8 Å². The van der Waals surface area contributed by atoms with E-state index in [1.54, 1.807) is 6.07 Å². The van der Waals surface area contributed by atoms with Gasteiger partial charge in [-0.15, -0.1) is 0 Å². The summed E-state index contributed by atoms with van der Waals surface area (Å²) in [5.41, 5.74) is 1.37. The second-order valence-electron chi connectivity index (χ2n) is 6.77. The Morgan fingerprint density at radius 2 is 1.97 bits per heavy atom. The van der Waals surface area contributed by atoms with Gasteiger partial charge >= 0.3 is 5.97 Å². The summed E-state index contributed by atoms with van der Waals surface area (Å²) in [7, 11) is 0. The quantitative estimate of drug-likeness (QED) is 0.278. The maximum atomic E-state index is 12.6. The second kappa shape index (κ2) is 11.1. The average molecular weight is 455 g/mol. The first kappa shape index (κ1) is 23.0. The summed E-state index contributed by atoms with van der Waals surface area (Å²) >= 11 is 1.52. The summed E-state index contributed by atoms with van der Waals surface area (Å²) in [6.07, 6.45) is 2.22. The van der Waals surface area contributed by atoms with Crippen molar-refractivity contribution in [2.75, 3.05) is 12.0 Å². The zero-order chi connectivity index (χ0) is 22.9. The first-order valence-corrected chi connectivity index (χ1v) is 11.1. The van der Waals surface area contributed by atoms with Gasteiger partial charge in [0.1, 0.15) is 11.7 Å². The van der Waals surface area contributed by atoms with Crippen LogP contribution in [0, 0.1) is 10.1 Å². The van der Waals surface area contributed by atoms with E-state index in [1.807, 2.05) is 36.6 Å². The van der Waals surface area contributed by atoms with Crippen LogP contribution in [0.2, 0.25) is 0 Å². The predicted octanol–water partition coefficient (Wildman–Crippen LogP) is 3.84. The standard InChI is InChI=1S/C22H21N3O6S/c1-32-11-10-19(23-21(26)16-8-5-9-17(12-16)25(28)29)22(27)30-14-18-13-20(24-31-18)15-6-3-2-4-7-15/h2-9,12-13,19H,10-11,14H2,1H3,(H,23,26). The number of rotatable bonds is 10. The number of carbonyl (C=O) groups is 2. The number of nitro groups is 1. The number of nitrogens with zero attached hydrogens (tertiary/aromatic N) is 2. The van der Waals surface area contributed by atoms with E-state index in [0.717, 1.165) is 11.6 Å². The summed E-state index contributed by atoms with van der Waals surface area (Å²) in [4.78, 5) is 35.5. The van der Waals surface area contributed by atoms with Crippen molar-refractivity contribution >= 4 is 29.3 Å². The lowest BCUT2D eigenvalue weighted by atomic mass is 10.1. The minimum Gasteiger partial charge on any atom is -0.456 e. The molecule has 0 bridgehead atoms. The van der Waals surface area contributed by atoms with Crippen LogP contribution >= 0.6 is 11.8 Å². The van der Waals surface area contributed by atoms with Gasteiger partial charge in [-0.1, -0.05) is 41.6 Å². The maximum absolute atomic E-state index is 12.6. The molecule has 0 aliphatic carbocycles. The second-order valence-corrected chi connectivity index (χ2v) is 7.75. The van der Waals surface area contributed by atoms with E-state index >= 15 is 0 Å². The van der Waals surface area contributed by atoms with Crippen molar-refractivity contribution in [3.63, 3.8) is 0 Å². The van der Waals surface area contributed by atoms with Gasteiger partial charge in [0.25, 0.3) is 11.6 Å². The molecule has 1 N–H and O–H groups in total. The van der Waals surface area contributed by atoms with E-state index in [1.165, 1.54) is 30.0 Å². The molecule has 1 atom stereocenters. The number of thioether (sulfide) groups is 1. The highest BCUT2D eigenvalue weighted by molar-refractivity contribution is 7.98. The van der Waals surface area contributed by atoms with Gasteiger partial charge in [0.15, 0.2) is 12.4 Å². The topological polar surface area (TPSA) is 125 Å². The molecule has 2 aromatic carbocycles. The molecule has 0 fully saturated rings. The molecule has 0 saturated carbocycles. The zero-order valence-corrected chi connectivity index (χ0v) is 18.0. The summed E-state index contributed by atoms with van der Waals surface area (Å²) in [5, 5.41) is 17.5. The van der Waals surface area contributed by atoms with Gasteiger partial charge < -0.3 is 14.6 Å². The minimum absolute atomic E-state index is 0.0869. The van der Waals surface area contributed by atoms with Crippen LogP contribution in [0.1, 0.15) is 22.5 Å². The van der Waals surface area contributed by atoms with Crippen molar-refractivity contribution in [3.8, 4) is 11.3 Å². The number of nitro benzene ring substituents is 1. The molecule has 1 heterocycles. The summed E-state index contributed by atoms with van der Waals surface area (Å²) in [6.45, 7) is -0.138. The summed E-state index contributed by atoms with van der Waals surface area (Å²) in [5.74, 6) is -0.251. The molecule has 1 aromatic heterocycles. The van der Waals surface area contributed by atoms with Crippen LogP contribution < -0.4 is 5.32 Å². The van der Waals surface area contributed by atoms with E-state index in [4.69, 9.17) is 9.26 Å². The van der Waals surface area contributed by atoms with Crippen LogP contribution in [-0.2, 0) is 16.1 Å². The number of non-ortho nitro benzene ring substituents is 1. The smallest absolute Gasteiger partial charge is 0.329 e. The Balaban J connectivity index is 1.63. The molecule has 0 saturated heterocycles. The van der Waals surface area contributed by atoms with Gasteiger partial charge in [0.05, 0.1) is 4.92 Å².